The fourth-order valence-corrected chi connectivity index (χ4v) is 2.81. The van der Waals surface area contributed by atoms with Crippen LogP contribution in [0.25, 0.3) is 11.0 Å². The molecule has 134 valence electrons. The second-order valence-electron chi connectivity index (χ2n) is 6.23. The first-order valence-electron chi connectivity index (χ1n) is 8.53. The van der Waals surface area contributed by atoms with Crippen LogP contribution in [0.4, 0.5) is 11.4 Å². The van der Waals surface area contributed by atoms with Crippen molar-refractivity contribution in [2.45, 2.75) is 33.1 Å². The Morgan fingerprint density at radius 1 is 1.27 bits per heavy atom. The average molecular weight is 352 g/mol. The highest BCUT2D eigenvalue weighted by molar-refractivity contribution is 6.05. The lowest BCUT2D eigenvalue weighted by Gasteiger charge is -2.06. The van der Waals surface area contributed by atoms with Crippen LogP contribution in [-0.4, -0.2) is 20.8 Å². The van der Waals surface area contributed by atoms with Gasteiger partial charge in [0.2, 0.25) is 0 Å². The molecule has 0 saturated heterocycles. The molecule has 7 nitrogen and oxygen atoms in total. The predicted molar refractivity (Wildman–Crippen MR) is 100 cm³/mol. The van der Waals surface area contributed by atoms with E-state index >= 15 is 0 Å². The van der Waals surface area contributed by atoms with E-state index in [9.17, 15) is 14.9 Å². The molecule has 0 aliphatic rings. The monoisotopic (exact) mass is 352 g/mol. The highest BCUT2D eigenvalue weighted by Crippen LogP contribution is 2.21. The molecule has 3 aromatic rings. The smallest absolute Gasteiger partial charge is 0.272 e. The van der Waals surface area contributed by atoms with Crippen LogP contribution in [0.3, 0.4) is 0 Å². The number of imidazole rings is 1. The maximum Gasteiger partial charge on any atom is 0.272 e. The lowest BCUT2D eigenvalue weighted by atomic mass is 10.1. The summed E-state index contributed by atoms with van der Waals surface area (Å²) in [4.78, 5) is 30.7. The number of nitrogens with zero attached hydrogens (tertiary/aromatic N) is 2. The van der Waals surface area contributed by atoms with Gasteiger partial charge in [0.05, 0.1) is 16.0 Å². The number of H-pyrrole nitrogens is 1. The van der Waals surface area contributed by atoms with Crippen LogP contribution in [0.15, 0.2) is 36.4 Å². The molecular weight excluding hydrogens is 332 g/mol. The minimum Gasteiger partial charge on any atom is -0.342 e. The predicted octanol–water partition coefficient (Wildman–Crippen LogP) is 4.37. The largest absolute Gasteiger partial charge is 0.342 e. The number of anilines is 1. The molecule has 0 saturated carbocycles. The first kappa shape index (κ1) is 17.6. The van der Waals surface area contributed by atoms with Crippen LogP contribution >= 0.6 is 0 Å². The molecule has 0 fully saturated rings. The second-order valence-corrected chi connectivity index (χ2v) is 6.23. The fourth-order valence-electron chi connectivity index (χ4n) is 2.81. The zero-order valence-corrected chi connectivity index (χ0v) is 14.7. The molecule has 0 unspecified atom stereocenters. The van der Waals surface area contributed by atoms with Gasteiger partial charge in [-0.3, -0.25) is 14.9 Å². The van der Waals surface area contributed by atoms with Crippen LogP contribution < -0.4 is 5.32 Å². The van der Waals surface area contributed by atoms with Crippen molar-refractivity contribution in [2.75, 3.05) is 5.32 Å². The minimum absolute atomic E-state index is 0.0000354. The van der Waals surface area contributed by atoms with E-state index in [1.165, 1.54) is 18.2 Å². The molecule has 2 aromatic carbocycles. The number of nitro benzene ring substituents is 1. The normalized spacial score (nSPS) is 10.8. The molecule has 1 aromatic heterocycles. The number of benzene rings is 2. The SMILES string of the molecule is CCCCc1nc2ccc(NC(=O)c3ccc([N+](=O)[O-])c(C)c3)cc2[nH]1. The third kappa shape index (κ3) is 3.72. The van der Waals surface area contributed by atoms with Crippen molar-refractivity contribution < 1.29 is 9.72 Å². The van der Waals surface area contributed by atoms with Gasteiger partial charge >= 0.3 is 0 Å². The van der Waals surface area contributed by atoms with Gasteiger partial charge in [-0.2, -0.15) is 0 Å². The van der Waals surface area contributed by atoms with Gasteiger partial charge in [-0.15, -0.1) is 0 Å². The first-order valence-corrected chi connectivity index (χ1v) is 8.53. The van der Waals surface area contributed by atoms with Crippen molar-refractivity contribution >= 4 is 28.3 Å². The van der Waals surface area contributed by atoms with Gasteiger partial charge in [0, 0.05) is 29.3 Å². The topological polar surface area (TPSA) is 101 Å². The molecular formula is C19H20N4O3. The summed E-state index contributed by atoms with van der Waals surface area (Å²) in [6.45, 7) is 3.75. The van der Waals surface area contributed by atoms with Crippen LogP contribution in [0.5, 0.6) is 0 Å². The maximum absolute atomic E-state index is 12.4. The molecule has 0 radical (unpaired) electrons. The number of carbonyl (C=O) groups is 1. The number of aromatic nitrogens is 2. The molecule has 0 spiro atoms. The number of aryl methyl sites for hydroxylation is 2. The fraction of sp³-hybridized carbons (Fsp3) is 0.263. The van der Waals surface area contributed by atoms with E-state index in [-0.39, 0.29) is 11.6 Å². The van der Waals surface area contributed by atoms with Gasteiger partial charge in [0.25, 0.3) is 11.6 Å². The zero-order chi connectivity index (χ0) is 18.7. The molecule has 2 N–H and O–H groups in total. The summed E-state index contributed by atoms with van der Waals surface area (Å²) in [6.07, 6.45) is 3.07. The van der Waals surface area contributed by atoms with Gasteiger partial charge < -0.3 is 10.3 Å². The van der Waals surface area contributed by atoms with Gasteiger partial charge in [0.1, 0.15) is 5.82 Å². The summed E-state index contributed by atoms with van der Waals surface area (Å²) >= 11 is 0. The Bertz CT molecular complexity index is 978. The summed E-state index contributed by atoms with van der Waals surface area (Å²) in [6, 6.07) is 9.82. The van der Waals surface area contributed by atoms with E-state index in [0.29, 0.717) is 16.8 Å². The number of amides is 1. The number of fused-ring (bicyclic) bond motifs is 1. The number of rotatable bonds is 6. The molecule has 3 rings (SSSR count). The molecule has 0 atom stereocenters. The van der Waals surface area contributed by atoms with Crippen LogP contribution in [-0.2, 0) is 6.42 Å². The summed E-state index contributed by atoms with van der Waals surface area (Å²) in [5.41, 5.74) is 3.20. The Hall–Kier alpha value is -3.22. The quantitative estimate of drug-likeness (QED) is 0.508. The third-order valence-electron chi connectivity index (χ3n) is 4.21. The number of nitro groups is 1. The Labute approximate surface area is 150 Å². The van der Waals surface area contributed by atoms with Crippen molar-refractivity contribution in [1.29, 1.82) is 0 Å². The molecule has 0 aliphatic carbocycles. The third-order valence-corrected chi connectivity index (χ3v) is 4.21. The highest BCUT2D eigenvalue weighted by atomic mass is 16.6. The molecule has 1 heterocycles. The minimum atomic E-state index is -0.459. The maximum atomic E-state index is 12.4. The Morgan fingerprint density at radius 3 is 2.77 bits per heavy atom. The van der Waals surface area contributed by atoms with E-state index in [1.54, 1.807) is 13.0 Å². The Morgan fingerprint density at radius 2 is 2.08 bits per heavy atom. The van der Waals surface area contributed by atoms with Gasteiger partial charge in [-0.05, 0) is 43.7 Å². The highest BCUT2D eigenvalue weighted by Gasteiger charge is 2.14. The number of hydrogen-bond donors (Lipinski definition) is 2. The van der Waals surface area contributed by atoms with Gasteiger partial charge in [-0.25, -0.2) is 4.98 Å². The summed E-state index contributed by atoms with van der Waals surface area (Å²) < 4.78 is 0. The number of unbranched alkanes of at least 4 members (excludes halogenated alkanes) is 1. The van der Waals surface area contributed by atoms with Crippen molar-refractivity contribution in [2.24, 2.45) is 0 Å². The van der Waals surface area contributed by atoms with E-state index in [4.69, 9.17) is 0 Å². The van der Waals surface area contributed by atoms with E-state index in [0.717, 1.165) is 36.1 Å². The van der Waals surface area contributed by atoms with Gasteiger partial charge in [-0.1, -0.05) is 13.3 Å². The van der Waals surface area contributed by atoms with Crippen molar-refractivity contribution in [3.63, 3.8) is 0 Å². The summed E-state index contributed by atoms with van der Waals surface area (Å²) in [7, 11) is 0. The second kappa shape index (κ2) is 7.35. The van der Waals surface area contributed by atoms with Crippen molar-refractivity contribution in [1.82, 2.24) is 9.97 Å². The summed E-state index contributed by atoms with van der Waals surface area (Å²) in [5.74, 6) is 0.629. The lowest BCUT2D eigenvalue weighted by Crippen LogP contribution is -2.12. The van der Waals surface area contributed by atoms with Gasteiger partial charge in [0.15, 0.2) is 0 Å². The Kier molecular flexibility index (Phi) is 4.97. The molecule has 0 aliphatic heterocycles. The van der Waals surface area contributed by atoms with E-state index < -0.39 is 4.92 Å². The molecule has 1 amide bonds. The zero-order valence-electron chi connectivity index (χ0n) is 14.7. The van der Waals surface area contributed by atoms with E-state index in [2.05, 4.69) is 22.2 Å². The average Bonchev–Trinajstić information content (AvgIpc) is 3.01. The molecule has 0 bridgehead atoms. The van der Waals surface area contributed by atoms with Crippen LogP contribution in [0.1, 0.15) is 41.5 Å². The standard InChI is InChI=1S/C19H20N4O3/c1-3-4-5-18-21-15-8-7-14(11-16(15)22-18)20-19(24)13-6-9-17(23(25)26)12(2)10-13/h6-11H,3-5H2,1-2H3,(H,20,24)(H,21,22). The number of carbonyl (C=O) groups excluding carboxylic acids is 1. The number of hydrogen-bond acceptors (Lipinski definition) is 4. The summed E-state index contributed by atoms with van der Waals surface area (Å²) in [5, 5.41) is 13.7. The number of nitrogens with one attached hydrogen (secondary N) is 2. The van der Waals surface area contributed by atoms with Crippen LogP contribution in [0.2, 0.25) is 0 Å². The van der Waals surface area contributed by atoms with E-state index in [1.807, 2.05) is 12.1 Å². The van der Waals surface area contributed by atoms with Crippen LogP contribution in [0, 0.1) is 17.0 Å². The lowest BCUT2D eigenvalue weighted by molar-refractivity contribution is -0.385. The first-order chi connectivity index (χ1) is 12.5. The van der Waals surface area contributed by atoms with Crippen molar-refractivity contribution in [3.05, 3.63) is 63.5 Å². The molecule has 7 heteroatoms. The Balaban J connectivity index is 1.78. The molecule has 26 heavy (non-hydrogen) atoms. The number of aromatic amines is 1. The van der Waals surface area contributed by atoms with Crippen molar-refractivity contribution in [3.8, 4) is 0 Å².